The number of hydrogen-bond acceptors (Lipinski definition) is 5. The average molecular weight is 499 g/mol. The molecule has 1 saturated heterocycles. The molecular formula is C26H27FN2O5S. The molecule has 2 aliphatic rings. The van der Waals surface area contributed by atoms with E-state index >= 15 is 0 Å². The fraction of sp³-hybridized carbons (Fsp3) is 0.346. The van der Waals surface area contributed by atoms with E-state index in [0.29, 0.717) is 37.4 Å². The molecule has 184 valence electrons. The normalized spacial score (nSPS) is 16.5. The second kappa shape index (κ2) is 8.41. The van der Waals surface area contributed by atoms with Gasteiger partial charge in [0.15, 0.2) is 27.0 Å². The van der Waals surface area contributed by atoms with Gasteiger partial charge < -0.3 is 14.4 Å². The first-order chi connectivity index (χ1) is 16.6. The number of amides is 1. The fourth-order valence-corrected chi connectivity index (χ4v) is 5.74. The largest absolute Gasteiger partial charge is 0.488 e. The summed E-state index contributed by atoms with van der Waals surface area (Å²) < 4.78 is 53.1. The second-order valence-corrected chi connectivity index (χ2v) is 11.3. The van der Waals surface area contributed by atoms with Gasteiger partial charge in [0.25, 0.3) is 5.91 Å². The van der Waals surface area contributed by atoms with Gasteiger partial charge in [-0.15, -0.1) is 0 Å². The fourth-order valence-electron chi connectivity index (χ4n) is 4.90. The molecule has 0 aliphatic carbocycles. The lowest BCUT2D eigenvalue weighted by Gasteiger charge is -2.45. The summed E-state index contributed by atoms with van der Waals surface area (Å²) >= 11 is 0. The maximum atomic E-state index is 14.5. The van der Waals surface area contributed by atoms with Crippen LogP contribution in [0.2, 0.25) is 0 Å². The van der Waals surface area contributed by atoms with Gasteiger partial charge in [0.2, 0.25) is 0 Å². The predicted octanol–water partition coefficient (Wildman–Crippen LogP) is 4.33. The Morgan fingerprint density at radius 3 is 2.46 bits per heavy atom. The van der Waals surface area contributed by atoms with Crippen LogP contribution in [0.15, 0.2) is 59.6 Å². The number of aromatic nitrogens is 1. The SMILES string of the molecule is CC(C)Oc1ccc(C(=O)N2CCC3(CC2)Oc2ccccc2-n2c3ccc2S(C)(=O)=O)cc1F. The molecule has 3 heterocycles. The van der Waals surface area contributed by atoms with Crippen LogP contribution >= 0.6 is 0 Å². The molecule has 0 radical (unpaired) electrons. The van der Waals surface area contributed by atoms with Crippen LogP contribution in [0.25, 0.3) is 5.69 Å². The van der Waals surface area contributed by atoms with Gasteiger partial charge in [-0.3, -0.25) is 9.36 Å². The number of benzene rings is 2. The molecule has 2 aromatic carbocycles. The molecule has 9 heteroatoms. The third-order valence-electron chi connectivity index (χ3n) is 6.50. The summed E-state index contributed by atoms with van der Waals surface area (Å²) in [6.45, 7) is 4.38. The van der Waals surface area contributed by atoms with Crippen LogP contribution in [-0.4, -0.2) is 49.2 Å². The van der Waals surface area contributed by atoms with E-state index in [1.54, 1.807) is 27.7 Å². The van der Waals surface area contributed by atoms with E-state index < -0.39 is 21.3 Å². The Balaban J connectivity index is 1.42. The van der Waals surface area contributed by atoms with Crippen LogP contribution in [0.1, 0.15) is 42.7 Å². The number of piperidine rings is 1. The number of carbonyl (C=O) groups is 1. The van der Waals surface area contributed by atoms with Gasteiger partial charge in [0.1, 0.15) is 10.8 Å². The lowest BCUT2D eigenvalue weighted by atomic mass is 9.86. The maximum absolute atomic E-state index is 14.5. The number of hydrogen-bond donors (Lipinski definition) is 0. The van der Waals surface area contributed by atoms with Crippen molar-refractivity contribution in [3.63, 3.8) is 0 Å². The molecule has 0 atom stereocenters. The smallest absolute Gasteiger partial charge is 0.253 e. The van der Waals surface area contributed by atoms with Gasteiger partial charge in [0.05, 0.1) is 17.5 Å². The Hall–Kier alpha value is -3.33. The van der Waals surface area contributed by atoms with Crippen LogP contribution in [-0.2, 0) is 15.4 Å². The molecule has 1 amide bonds. The number of halogens is 1. The molecule has 0 N–H and O–H groups in total. The van der Waals surface area contributed by atoms with E-state index in [0.717, 1.165) is 5.69 Å². The van der Waals surface area contributed by atoms with Crippen molar-refractivity contribution in [2.45, 2.75) is 43.4 Å². The quantitative estimate of drug-likeness (QED) is 0.535. The topological polar surface area (TPSA) is 77.8 Å². The molecule has 1 spiro atoms. The van der Waals surface area contributed by atoms with Gasteiger partial charge in [-0.2, -0.15) is 0 Å². The molecule has 35 heavy (non-hydrogen) atoms. The highest BCUT2D eigenvalue weighted by Crippen LogP contribution is 2.46. The number of rotatable bonds is 4. The first-order valence-corrected chi connectivity index (χ1v) is 13.4. The number of nitrogens with zero attached hydrogens (tertiary/aromatic N) is 2. The van der Waals surface area contributed by atoms with Gasteiger partial charge in [0, 0.05) is 37.8 Å². The summed E-state index contributed by atoms with van der Waals surface area (Å²) in [5, 5.41) is 0.209. The summed E-state index contributed by atoms with van der Waals surface area (Å²) in [6, 6.07) is 15.0. The van der Waals surface area contributed by atoms with Crippen molar-refractivity contribution in [1.29, 1.82) is 0 Å². The summed E-state index contributed by atoms with van der Waals surface area (Å²) in [5.41, 5.74) is 0.919. The Kier molecular flexibility index (Phi) is 5.62. The summed E-state index contributed by atoms with van der Waals surface area (Å²) in [5.74, 6) is -0.121. The van der Waals surface area contributed by atoms with E-state index in [9.17, 15) is 17.6 Å². The molecule has 1 fully saturated rings. The van der Waals surface area contributed by atoms with Crippen molar-refractivity contribution in [3.8, 4) is 17.2 Å². The predicted molar refractivity (Wildman–Crippen MR) is 128 cm³/mol. The van der Waals surface area contributed by atoms with Crippen LogP contribution in [0.5, 0.6) is 11.5 Å². The zero-order valence-electron chi connectivity index (χ0n) is 19.8. The monoisotopic (exact) mass is 498 g/mol. The van der Waals surface area contributed by atoms with Gasteiger partial charge in [-0.05, 0) is 56.3 Å². The van der Waals surface area contributed by atoms with E-state index in [1.807, 2.05) is 38.1 Å². The van der Waals surface area contributed by atoms with Crippen molar-refractivity contribution in [2.75, 3.05) is 19.3 Å². The van der Waals surface area contributed by atoms with E-state index in [4.69, 9.17) is 9.47 Å². The van der Waals surface area contributed by atoms with E-state index in [-0.39, 0.29) is 28.4 Å². The molecule has 3 aromatic rings. The van der Waals surface area contributed by atoms with Crippen LogP contribution < -0.4 is 9.47 Å². The van der Waals surface area contributed by atoms with Crippen LogP contribution in [0, 0.1) is 5.82 Å². The van der Waals surface area contributed by atoms with Gasteiger partial charge in [-0.1, -0.05) is 12.1 Å². The lowest BCUT2D eigenvalue weighted by Crippen LogP contribution is -2.50. The van der Waals surface area contributed by atoms with Crippen molar-refractivity contribution in [2.24, 2.45) is 0 Å². The molecule has 0 saturated carbocycles. The number of carbonyl (C=O) groups excluding carboxylic acids is 1. The Labute approximate surface area is 204 Å². The van der Waals surface area contributed by atoms with Crippen molar-refractivity contribution in [3.05, 3.63) is 71.7 Å². The van der Waals surface area contributed by atoms with Crippen molar-refractivity contribution in [1.82, 2.24) is 9.47 Å². The number of ether oxygens (including phenoxy) is 2. The third kappa shape index (κ3) is 4.07. The summed E-state index contributed by atoms with van der Waals surface area (Å²) in [4.78, 5) is 14.8. The van der Waals surface area contributed by atoms with E-state index in [2.05, 4.69) is 0 Å². The van der Waals surface area contributed by atoms with Gasteiger partial charge in [-0.25, -0.2) is 12.8 Å². The average Bonchev–Trinajstić information content (AvgIpc) is 3.28. The van der Waals surface area contributed by atoms with Crippen molar-refractivity contribution >= 4 is 15.7 Å². The molecule has 0 unspecified atom stereocenters. The molecule has 0 bridgehead atoms. The third-order valence-corrected chi connectivity index (χ3v) is 7.58. The number of fused-ring (bicyclic) bond motifs is 4. The first kappa shape index (κ1) is 23.4. The molecule has 7 nitrogen and oxygen atoms in total. The number of para-hydroxylation sites is 2. The van der Waals surface area contributed by atoms with Crippen LogP contribution in [0.4, 0.5) is 4.39 Å². The molecular weight excluding hydrogens is 471 g/mol. The minimum atomic E-state index is -3.48. The minimum Gasteiger partial charge on any atom is -0.488 e. The Bertz CT molecular complexity index is 1400. The van der Waals surface area contributed by atoms with E-state index in [1.165, 1.54) is 18.4 Å². The standard InChI is InChI=1S/C26H27FN2O5S/c1-17(2)33-21-9-8-18(16-19(21)27)25(30)28-14-12-26(13-15-28)23-10-11-24(35(3,31)32)29(23)20-6-4-5-7-22(20)34-26/h4-11,16-17H,12-15H2,1-3H3. The highest BCUT2D eigenvalue weighted by atomic mass is 32.2. The highest BCUT2D eigenvalue weighted by Gasteiger charge is 2.46. The molecule has 1 aromatic heterocycles. The summed E-state index contributed by atoms with van der Waals surface area (Å²) in [6.07, 6.45) is 1.96. The second-order valence-electron chi connectivity index (χ2n) is 9.33. The highest BCUT2D eigenvalue weighted by molar-refractivity contribution is 7.90. The zero-order chi connectivity index (χ0) is 25.0. The van der Waals surface area contributed by atoms with Crippen LogP contribution in [0.3, 0.4) is 0 Å². The summed E-state index contributed by atoms with van der Waals surface area (Å²) in [7, 11) is -3.48. The molecule has 2 aliphatic heterocycles. The Morgan fingerprint density at radius 2 is 1.80 bits per heavy atom. The number of sulfone groups is 1. The maximum Gasteiger partial charge on any atom is 0.253 e. The molecule has 5 rings (SSSR count). The van der Waals surface area contributed by atoms with Gasteiger partial charge >= 0.3 is 0 Å². The zero-order valence-corrected chi connectivity index (χ0v) is 20.6. The first-order valence-electron chi connectivity index (χ1n) is 11.6. The number of likely N-dealkylation sites (tertiary alicyclic amines) is 1. The minimum absolute atomic E-state index is 0.117. The van der Waals surface area contributed by atoms with Crippen molar-refractivity contribution < 1.29 is 27.1 Å². The Morgan fingerprint density at radius 1 is 1.09 bits per heavy atom. The lowest BCUT2D eigenvalue weighted by molar-refractivity contribution is -0.00995.